The number of hydrogen-bond acceptors (Lipinski definition) is 2. The van der Waals surface area contributed by atoms with Crippen molar-refractivity contribution in [3.05, 3.63) is 35.6 Å². The second kappa shape index (κ2) is 4.37. The molecule has 5 atom stereocenters. The molecule has 0 radical (unpaired) electrons. The lowest BCUT2D eigenvalue weighted by atomic mass is 9.85. The smallest absolute Gasteiger partial charge is 0.239 e. The summed E-state index contributed by atoms with van der Waals surface area (Å²) in [6.07, 6.45) is 2.09. The topological polar surface area (TPSA) is 41.8 Å². The zero-order valence-electron chi connectivity index (χ0n) is 11.9. The third kappa shape index (κ3) is 1.64. The van der Waals surface area contributed by atoms with Gasteiger partial charge in [-0.15, -0.1) is 0 Å². The Morgan fingerprint density at radius 1 is 1.14 bits per heavy atom. The van der Waals surface area contributed by atoms with Crippen LogP contribution in [0.3, 0.4) is 0 Å². The fraction of sp³-hybridized carbons (Fsp3) is 0.500. The van der Waals surface area contributed by atoms with Crippen LogP contribution in [0.15, 0.2) is 24.3 Å². The summed E-state index contributed by atoms with van der Waals surface area (Å²) >= 11 is 0. The molecule has 4 rings (SSSR count). The van der Waals surface area contributed by atoms with Crippen LogP contribution >= 0.6 is 0 Å². The van der Waals surface area contributed by atoms with Crippen molar-refractivity contribution in [1.82, 2.24) is 4.90 Å². The van der Waals surface area contributed by atoms with Crippen LogP contribution in [-0.4, -0.2) is 36.3 Å². The van der Waals surface area contributed by atoms with Gasteiger partial charge in [0.2, 0.25) is 11.8 Å². The Morgan fingerprint density at radius 2 is 1.81 bits per heavy atom. The summed E-state index contributed by atoms with van der Waals surface area (Å²) in [5.74, 6) is -0.823. The van der Waals surface area contributed by atoms with Crippen LogP contribution < -0.4 is 4.90 Å². The lowest BCUT2D eigenvalue weighted by molar-refractivity contribution is -0.931. The molecule has 1 unspecified atom stereocenters. The molecule has 3 aliphatic heterocycles. The molecule has 3 aliphatic rings. The number of rotatable bonds is 1. The number of likely N-dealkylation sites (tertiary alicyclic amines) is 1. The molecule has 21 heavy (non-hydrogen) atoms. The number of nitrogens with zero attached hydrogens (tertiary/aromatic N) is 1. The van der Waals surface area contributed by atoms with E-state index >= 15 is 0 Å². The maximum Gasteiger partial charge on any atom is 0.239 e. The average molecular weight is 289 g/mol. The Bertz CT molecular complexity index is 615. The molecule has 110 valence electrons. The van der Waals surface area contributed by atoms with Crippen LogP contribution in [-0.2, 0) is 9.59 Å². The minimum atomic E-state index is -0.271. The van der Waals surface area contributed by atoms with E-state index in [1.807, 2.05) is 0 Å². The highest BCUT2D eigenvalue weighted by Gasteiger charge is 2.65. The van der Waals surface area contributed by atoms with E-state index in [1.165, 1.54) is 21.9 Å². The number of nitrogens with one attached hydrogen (secondary N) is 1. The van der Waals surface area contributed by atoms with Crippen molar-refractivity contribution in [3.63, 3.8) is 0 Å². The zero-order chi connectivity index (χ0) is 14.7. The molecule has 0 saturated carbocycles. The summed E-state index contributed by atoms with van der Waals surface area (Å²) in [7, 11) is 1.58. The Balaban J connectivity index is 1.80. The first-order chi connectivity index (χ1) is 10.1. The van der Waals surface area contributed by atoms with E-state index in [0.29, 0.717) is 0 Å². The van der Waals surface area contributed by atoms with Gasteiger partial charge in [-0.2, -0.15) is 0 Å². The Morgan fingerprint density at radius 3 is 2.52 bits per heavy atom. The van der Waals surface area contributed by atoms with Crippen molar-refractivity contribution in [3.8, 4) is 0 Å². The number of imide groups is 1. The van der Waals surface area contributed by atoms with Crippen LogP contribution in [0.1, 0.15) is 24.4 Å². The van der Waals surface area contributed by atoms with Crippen molar-refractivity contribution in [1.29, 1.82) is 0 Å². The minimum absolute atomic E-state index is 0.00972. The summed E-state index contributed by atoms with van der Waals surface area (Å²) < 4.78 is 13.2. The molecule has 3 fully saturated rings. The summed E-state index contributed by atoms with van der Waals surface area (Å²) in [5.41, 5.74) is 0.974. The number of amides is 2. The molecule has 4 nitrogen and oxygen atoms in total. The van der Waals surface area contributed by atoms with Gasteiger partial charge in [0, 0.05) is 25.5 Å². The Kier molecular flexibility index (Phi) is 2.70. The fourth-order valence-corrected chi connectivity index (χ4v) is 4.65. The predicted octanol–water partition coefficient (Wildman–Crippen LogP) is 0.159. The monoisotopic (exact) mass is 289 g/mol. The van der Waals surface area contributed by atoms with Gasteiger partial charge < -0.3 is 4.90 Å². The maximum absolute atomic E-state index is 13.2. The largest absolute Gasteiger partial charge is 0.325 e. The third-order valence-electron chi connectivity index (χ3n) is 5.50. The van der Waals surface area contributed by atoms with Gasteiger partial charge >= 0.3 is 0 Å². The lowest BCUT2D eigenvalue weighted by Crippen LogP contribution is -3.12. The lowest BCUT2D eigenvalue weighted by Gasteiger charge is -2.25. The first-order valence-corrected chi connectivity index (χ1v) is 7.52. The first-order valence-electron chi connectivity index (χ1n) is 7.52. The van der Waals surface area contributed by atoms with E-state index in [0.717, 1.165) is 24.9 Å². The molecular formula is C16H18FN2O2+. The normalized spacial score (nSPS) is 38.0. The molecule has 3 saturated heterocycles. The van der Waals surface area contributed by atoms with Gasteiger partial charge in [0.25, 0.3) is 0 Å². The van der Waals surface area contributed by atoms with E-state index in [4.69, 9.17) is 0 Å². The number of carbonyl (C=O) groups excluding carboxylic acids is 2. The molecule has 3 heterocycles. The highest BCUT2D eigenvalue weighted by atomic mass is 19.1. The summed E-state index contributed by atoms with van der Waals surface area (Å²) in [6.45, 7) is 0.990. The highest BCUT2D eigenvalue weighted by Crippen LogP contribution is 2.42. The maximum atomic E-state index is 13.2. The number of quaternary nitrogens is 1. The number of carbonyl (C=O) groups is 2. The molecule has 1 aromatic carbocycles. The van der Waals surface area contributed by atoms with E-state index in [2.05, 4.69) is 0 Å². The SMILES string of the molecule is CN1C(=O)[C@@H]2[C@@H](C1=O)[C@@H]1CCC[NH+]1[C@@H]2c1ccc(F)cc1. The second-order valence-corrected chi connectivity index (χ2v) is 6.39. The minimum Gasteiger partial charge on any atom is -0.325 e. The predicted molar refractivity (Wildman–Crippen MR) is 72.7 cm³/mol. The summed E-state index contributed by atoms with van der Waals surface area (Å²) in [4.78, 5) is 27.5. The van der Waals surface area contributed by atoms with Crippen molar-refractivity contribution >= 4 is 11.8 Å². The second-order valence-electron chi connectivity index (χ2n) is 6.39. The highest BCUT2D eigenvalue weighted by molar-refractivity contribution is 6.05. The molecule has 5 heteroatoms. The van der Waals surface area contributed by atoms with Gasteiger partial charge in [0.05, 0.1) is 6.54 Å². The van der Waals surface area contributed by atoms with E-state index in [1.54, 1.807) is 19.2 Å². The van der Waals surface area contributed by atoms with E-state index in [9.17, 15) is 14.0 Å². The van der Waals surface area contributed by atoms with E-state index in [-0.39, 0.29) is 41.6 Å². The molecule has 1 N–H and O–H groups in total. The molecule has 0 bridgehead atoms. The average Bonchev–Trinajstić information content (AvgIpc) is 3.10. The van der Waals surface area contributed by atoms with Crippen LogP contribution in [0.2, 0.25) is 0 Å². The van der Waals surface area contributed by atoms with Crippen LogP contribution in [0.4, 0.5) is 4.39 Å². The molecule has 0 aliphatic carbocycles. The van der Waals surface area contributed by atoms with Gasteiger partial charge in [-0.05, 0) is 12.1 Å². The number of halogens is 1. The van der Waals surface area contributed by atoms with Gasteiger partial charge in [0.1, 0.15) is 29.7 Å². The number of fused-ring (bicyclic) bond motifs is 3. The molecule has 0 spiro atoms. The Labute approximate surface area is 122 Å². The van der Waals surface area contributed by atoms with Gasteiger partial charge in [-0.25, -0.2) is 4.39 Å². The number of benzene rings is 1. The van der Waals surface area contributed by atoms with Crippen LogP contribution in [0.5, 0.6) is 0 Å². The van der Waals surface area contributed by atoms with Gasteiger partial charge in [-0.3, -0.25) is 14.5 Å². The molecule has 1 aromatic rings. The van der Waals surface area contributed by atoms with Crippen LogP contribution in [0.25, 0.3) is 0 Å². The Hall–Kier alpha value is -1.75. The quantitative estimate of drug-likeness (QED) is 0.748. The molecule has 0 aromatic heterocycles. The van der Waals surface area contributed by atoms with Crippen molar-refractivity contribution in [2.75, 3.05) is 13.6 Å². The molecular weight excluding hydrogens is 271 g/mol. The summed E-state index contributed by atoms with van der Waals surface area (Å²) in [6, 6.07) is 6.65. The summed E-state index contributed by atoms with van der Waals surface area (Å²) in [5, 5.41) is 0. The van der Waals surface area contributed by atoms with E-state index < -0.39 is 0 Å². The zero-order valence-corrected chi connectivity index (χ0v) is 11.9. The fourth-order valence-electron chi connectivity index (χ4n) is 4.65. The van der Waals surface area contributed by atoms with Crippen molar-refractivity contribution in [2.24, 2.45) is 11.8 Å². The third-order valence-corrected chi connectivity index (χ3v) is 5.50. The van der Waals surface area contributed by atoms with Crippen LogP contribution in [0, 0.1) is 17.7 Å². The molecule has 2 amide bonds. The van der Waals surface area contributed by atoms with Crippen molar-refractivity contribution in [2.45, 2.75) is 24.9 Å². The van der Waals surface area contributed by atoms with Gasteiger partial charge in [0.15, 0.2) is 0 Å². The first kappa shape index (κ1) is 13.0. The standard InChI is InChI=1S/C16H17FN2O2/c1-18-15(20)12-11-3-2-8-19(11)14(13(12)16(18)21)9-4-6-10(17)7-5-9/h4-7,11-14H,2-3,8H2,1H3/p+1/t11-,12-,13+,14+/m0/s1. The van der Waals surface area contributed by atoms with Crippen molar-refractivity contribution < 1.29 is 18.9 Å². The number of hydrogen-bond donors (Lipinski definition) is 1. The van der Waals surface area contributed by atoms with Gasteiger partial charge in [-0.1, -0.05) is 12.1 Å².